The van der Waals surface area contributed by atoms with E-state index in [2.05, 4.69) is 43.3 Å². The van der Waals surface area contributed by atoms with Gasteiger partial charge in [0.25, 0.3) is 0 Å². The first-order valence-corrected chi connectivity index (χ1v) is 9.10. The average Bonchev–Trinajstić information content (AvgIpc) is 2.62. The number of methoxy groups -OCH3 is 1. The van der Waals surface area contributed by atoms with Gasteiger partial charge in [-0.25, -0.2) is 0 Å². The lowest BCUT2D eigenvalue weighted by atomic mass is 10.2. The molecular formula is C21H24O2S. The number of rotatable bonds is 8. The molecule has 2 nitrogen and oxygen atoms in total. The van der Waals surface area contributed by atoms with Gasteiger partial charge in [0.05, 0.1) is 7.11 Å². The monoisotopic (exact) mass is 340 g/mol. The third-order valence-electron chi connectivity index (χ3n) is 3.35. The van der Waals surface area contributed by atoms with E-state index in [4.69, 9.17) is 9.47 Å². The second-order valence-electron chi connectivity index (χ2n) is 5.20. The van der Waals surface area contributed by atoms with Crippen LogP contribution in [-0.2, 0) is 5.75 Å². The Morgan fingerprint density at radius 2 is 1.88 bits per heavy atom. The molecule has 0 aliphatic carbocycles. The van der Waals surface area contributed by atoms with Gasteiger partial charge in [0.15, 0.2) is 11.5 Å². The van der Waals surface area contributed by atoms with Crippen molar-refractivity contribution in [1.29, 1.82) is 0 Å². The molecule has 0 atom stereocenters. The van der Waals surface area contributed by atoms with Crippen molar-refractivity contribution < 1.29 is 9.47 Å². The molecule has 24 heavy (non-hydrogen) atoms. The highest BCUT2D eigenvalue weighted by Gasteiger charge is 2.08. The van der Waals surface area contributed by atoms with Crippen molar-refractivity contribution >= 4 is 11.8 Å². The van der Waals surface area contributed by atoms with E-state index in [9.17, 15) is 0 Å². The molecule has 0 aliphatic rings. The van der Waals surface area contributed by atoms with Crippen molar-refractivity contribution in [3.63, 3.8) is 0 Å². The van der Waals surface area contributed by atoms with Crippen LogP contribution in [0.3, 0.4) is 0 Å². The molecule has 0 unspecified atom stereocenters. The lowest BCUT2D eigenvalue weighted by molar-refractivity contribution is 0.366. The van der Waals surface area contributed by atoms with Gasteiger partial charge in [-0.2, -0.15) is 0 Å². The highest BCUT2D eigenvalue weighted by Crippen LogP contribution is 2.34. The Bertz CT molecular complexity index is 690. The quantitative estimate of drug-likeness (QED) is 0.322. The maximum atomic E-state index is 5.98. The van der Waals surface area contributed by atoms with Crippen LogP contribution in [0.1, 0.15) is 25.8 Å². The zero-order valence-electron chi connectivity index (χ0n) is 14.5. The number of allylic oxidation sites excluding steroid dienone is 3. The molecule has 0 saturated carbocycles. The number of benzene rings is 2. The Labute approximate surface area is 149 Å². The molecule has 0 spiro atoms. The van der Waals surface area contributed by atoms with Crippen LogP contribution in [0, 0.1) is 0 Å². The predicted octanol–water partition coefficient (Wildman–Crippen LogP) is 6.24. The minimum atomic E-state index is 0.736. The summed E-state index contributed by atoms with van der Waals surface area (Å²) in [5.41, 5.74) is 1.31. The summed E-state index contributed by atoms with van der Waals surface area (Å²) in [5.74, 6) is 3.26. The molecule has 0 saturated heterocycles. The summed E-state index contributed by atoms with van der Waals surface area (Å²) >= 11 is 1.79. The van der Waals surface area contributed by atoms with E-state index in [-0.39, 0.29) is 0 Å². The van der Waals surface area contributed by atoms with Crippen LogP contribution in [0.5, 0.6) is 11.5 Å². The molecule has 0 fully saturated rings. The van der Waals surface area contributed by atoms with Crippen LogP contribution in [0.25, 0.3) is 0 Å². The number of hydrogen-bond acceptors (Lipinski definition) is 3. The Kier molecular flexibility index (Phi) is 7.50. The third-order valence-corrected chi connectivity index (χ3v) is 4.41. The Hall–Kier alpha value is -2.13. The smallest absolute Gasteiger partial charge is 0.169 e. The van der Waals surface area contributed by atoms with Crippen LogP contribution in [0.15, 0.2) is 77.4 Å². The normalized spacial score (nSPS) is 11.7. The van der Waals surface area contributed by atoms with Gasteiger partial charge in [-0.15, -0.1) is 11.8 Å². The van der Waals surface area contributed by atoms with Crippen molar-refractivity contribution in [3.05, 3.63) is 78.1 Å². The average molecular weight is 340 g/mol. The van der Waals surface area contributed by atoms with E-state index in [0.717, 1.165) is 34.3 Å². The minimum absolute atomic E-state index is 0.736. The predicted molar refractivity (Wildman–Crippen MR) is 103 cm³/mol. The van der Waals surface area contributed by atoms with E-state index in [1.165, 1.54) is 5.56 Å². The molecule has 2 aromatic carbocycles. The molecule has 0 bridgehead atoms. The standard InChI is InChI=1S/C21H24O2S/c1-4-9-18(10-5-2)23-20-14-13-19(15-21(20)22-3)24-16-17-11-7-6-8-12-17/h4,6-15H,5,16H2,1-3H3/b9-4-,18-10+. The highest BCUT2D eigenvalue weighted by atomic mass is 32.2. The van der Waals surface area contributed by atoms with Crippen LogP contribution < -0.4 is 9.47 Å². The zero-order valence-corrected chi connectivity index (χ0v) is 15.3. The largest absolute Gasteiger partial charge is 0.493 e. The summed E-state index contributed by atoms with van der Waals surface area (Å²) in [6, 6.07) is 16.5. The van der Waals surface area contributed by atoms with E-state index in [0.29, 0.717) is 0 Å². The lowest BCUT2D eigenvalue weighted by Crippen LogP contribution is -1.96. The van der Waals surface area contributed by atoms with Gasteiger partial charge in [-0.05, 0) is 49.3 Å². The molecule has 2 aromatic rings. The molecule has 0 radical (unpaired) electrons. The Morgan fingerprint density at radius 1 is 1.08 bits per heavy atom. The van der Waals surface area contributed by atoms with Crippen molar-refractivity contribution in [2.45, 2.75) is 30.9 Å². The molecule has 0 amide bonds. The molecule has 0 heterocycles. The van der Waals surface area contributed by atoms with Crippen molar-refractivity contribution in [2.75, 3.05) is 7.11 Å². The first-order chi connectivity index (χ1) is 11.8. The van der Waals surface area contributed by atoms with Crippen molar-refractivity contribution in [3.8, 4) is 11.5 Å². The summed E-state index contributed by atoms with van der Waals surface area (Å²) in [6.07, 6.45) is 6.91. The van der Waals surface area contributed by atoms with E-state index >= 15 is 0 Å². The van der Waals surface area contributed by atoms with Crippen molar-refractivity contribution in [2.24, 2.45) is 0 Å². The first-order valence-electron chi connectivity index (χ1n) is 8.12. The molecule has 3 heteroatoms. The van der Waals surface area contributed by atoms with Gasteiger partial charge in [-0.3, -0.25) is 0 Å². The fourth-order valence-electron chi connectivity index (χ4n) is 2.20. The van der Waals surface area contributed by atoms with Crippen LogP contribution >= 0.6 is 11.8 Å². The Morgan fingerprint density at radius 3 is 2.54 bits per heavy atom. The fourth-order valence-corrected chi connectivity index (χ4v) is 3.08. The molecule has 0 aliphatic heterocycles. The molecule has 2 rings (SSSR count). The third kappa shape index (κ3) is 5.50. The summed E-state index contributed by atoms with van der Waals surface area (Å²) in [6.45, 7) is 4.07. The van der Waals surface area contributed by atoms with Crippen LogP contribution in [-0.4, -0.2) is 7.11 Å². The lowest BCUT2D eigenvalue weighted by Gasteiger charge is -2.12. The zero-order chi connectivity index (χ0) is 17.2. The van der Waals surface area contributed by atoms with Crippen molar-refractivity contribution in [1.82, 2.24) is 0 Å². The van der Waals surface area contributed by atoms with Gasteiger partial charge in [0, 0.05) is 10.6 Å². The molecular weight excluding hydrogens is 316 g/mol. The Balaban J connectivity index is 2.10. The van der Waals surface area contributed by atoms with E-state index in [1.807, 2.05) is 37.3 Å². The molecule has 0 aromatic heterocycles. The summed E-state index contributed by atoms with van der Waals surface area (Å²) in [7, 11) is 1.67. The number of hydrogen-bond donors (Lipinski definition) is 0. The van der Waals surface area contributed by atoms with E-state index in [1.54, 1.807) is 18.9 Å². The van der Waals surface area contributed by atoms with Gasteiger partial charge in [-0.1, -0.05) is 43.3 Å². The van der Waals surface area contributed by atoms with Gasteiger partial charge < -0.3 is 9.47 Å². The summed E-state index contributed by atoms with van der Waals surface area (Å²) in [4.78, 5) is 1.16. The van der Waals surface area contributed by atoms with Gasteiger partial charge in [0.2, 0.25) is 0 Å². The maximum Gasteiger partial charge on any atom is 0.169 e. The summed E-state index contributed by atoms with van der Waals surface area (Å²) < 4.78 is 11.5. The highest BCUT2D eigenvalue weighted by molar-refractivity contribution is 7.98. The van der Waals surface area contributed by atoms with Gasteiger partial charge in [0.1, 0.15) is 5.76 Å². The van der Waals surface area contributed by atoms with Crippen LogP contribution in [0.4, 0.5) is 0 Å². The topological polar surface area (TPSA) is 18.5 Å². The van der Waals surface area contributed by atoms with E-state index < -0.39 is 0 Å². The van der Waals surface area contributed by atoms with Crippen LogP contribution in [0.2, 0.25) is 0 Å². The maximum absolute atomic E-state index is 5.98. The summed E-state index contributed by atoms with van der Waals surface area (Å²) in [5, 5.41) is 0. The SMILES string of the molecule is C/C=C\C(=C/CC)Oc1ccc(SCc2ccccc2)cc1OC. The number of thioether (sulfide) groups is 1. The van der Waals surface area contributed by atoms with Gasteiger partial charge >= 0.3 is 0 Å². The first kappa shape index (κ1) is 18.2. The molecule has 0 N–H and O–H groups in total. The number of ether oxygens (including phenoxy) is 2. The fraction of sp³-hybridized carbons (Fsp3) is 0.238. The second kappa shape index (κ2) is 9.89. The second-order valence-corrected chi connectivity index (χ2v) is 6.25. The minimum Gasteiger partial charge on any atom is -0.493 e. The molecule has 126 valence electrons.